The topological polar surface area (TPSA) is 26.0 Å². The molecule has 2 saturated carbocycles. The maximum absolute atomic E-state index is 6.90. The maximum atomic E-state index is 6.90. The molecule has 1 nitrogen and oxygen atoms in total. The van der Waals surface area contributed by atoms with Crippen LogP contribution in [0.25, 0.3) is 0 Å². The van der Waals surface area contributed by atoms with Crippen LogP contribution in [0.5, 0.6) is 0 Å². The Hall–Kier alpha value is -0.820. The van der Waals surface area contributed by atoms with Crippen LogP contribution in [0.4, 0.5) is 0 Å². The normalized spacial score (nSPS) is 40.9. The SMILES string of the molecule is CC1CC(C)CC(C2(N)CCC(c3ccccc3)CC2)C1. The Labute approximate surface area is 130 Å². The van der Waals surface area contributed by atoms with Gasteiger partial charge in [0.2, 0.25) is 0 Å². The molecule has 21 heavy (non-hydrogen) atoms. The second kappa shape index (κ2) is 6.12. The van der Waals surface area contributed by atoms with Crippen LogP contribution in [0, 0.1) is 17.8 Å². The molecule has 0 bridgehead atoms. The molecule has 0 aromatic heterocycles. The first-order chi connectivity index (χ1) is 10.1. The Morgan fingerprint density at radius 1 is 0.905 bits per heavy atom. The van der Waals surface area contributed by atoms with E-state index in [0.717, 1.165) is 23.7 Å². The quantitative estimate of drug-likeness (QED) is 0.802. The number of hydrogen-bond donors (Lipinski definition) is 1. The summed E-state index contributed by atoms with van der Waals surface area (Å²) in [5.41, 5.74) is 8.54. The minimum atomic E-state index is 0.119. The van der Waals surface area contributed by atoms with Crippen molar-refractivity contribution in [2.24, 2.45) is 23.5 Å². The molecule has 2 aliphatic carbocycles. The van der Waals surface area contributed by atoms with Gasteiger partial charge in [0.25, 0.3) is 0 Å². The molecule has 0 radical (unpaired) electrons. The molecule has 0 saturated heterocycles. The lowest BCUT2D eigenvalue weighted by Gasteiger charge is -2.47. The predicted octanol–water partition coefficient (Wildman–Crippen LogP) is 5.11. The third kappa shape index (κ3) is 3.34. The van der Waals surface area contributed by atoms with E-state index >= 15 is 0 Å². The van der Waals surface area contributed by atoms with Crippen LogP contribution < -0.4 is 5.73 Å². The number of nitrogens with two attached hydrogens (primary N) is 1. The molecule has 0 spiro atoms. The van der Waals surface area contributed by atoms with Crippen molar-refractivity contribution in [3.05, 3.63) is 35.9 Å². The van der Waals surface area contributed by atoms with Gasteiger partial charge >= 0.3 is 0 Å². The van der Waals surface area contributed by atoms with Crippen molar-refractivity contribution in [2.45, 2.75) is 70.3 Å². The summed E-state index contributed by atoms with van der Waals surface area (Å²) < 4.78 is 0. The van der Waals surface area contributed by atoms with Gasteiger partial charge in [-0.1, -0.05) is 44.2 Å². The monoisotopic (exact) mass is 285 g/mol. The van der Waals surface area contributed by atoms with E-state index in [9.17, 15) is 0 Å². The summed E-state index contributed by atoms with van der Waals surface area (Å²) in [7, 11) is 0. The van der Waals surface area contributed by atoms with Crippen LogP contribution in [-0.2, 0) is 0 Å². The van der Waals surface area contributed by atoms with Gasteiger partial charge in [-0.25, -0.2) is 0 Å². The minimum absolute atomic E-state index is 0.119. The van der Waals surface area contributed by atoms with Crippen molar-refractivity contribution >= 4 is 0 Å². The fourth-order valence-electron chi connectivity index (χ4n) is 5.04. The smallest absolute Gasteiger partial charge is 0.0183 e. The highest BCUT2D eigenvalue weighted by molar-refractivity contribution is 5.20. The minimum Gasteiger partial charge on any atom is -0.325 e. The van der Waals surface area contributed by atoms with Crippen molar-refractivity contribution < 1.29 is 0 Å². The molecule has 0 aliphatic heterocycles. The van der Waals surface area contributed by atoms with Crippen LogP contribution in [0.2, 0.25) is 0 Å². The van der Waals surface area contributed by atoms with E-state index in [2.05, 4.69) is 44.2 Å². The molecule has 116 valence electrons. The third-order valence-electron chi connectivity index (χ3n) is 6.18. The zero-order valence-electron chi connectivity index (χ0n) is 13.7. The van der Waals surface area contributed by atoms with E-state index in [1.807, 2.05) is 0 Å². The predicted molar refractivity (Wildman–Crippen MR) is 90.2 cm³/mol. The first kappa shape index (κ1) is 15.1. The molecule has 1 heteroatoms. The summed E-state index contributed by atoms with van der Waals surface area (Å²) in [4.78, 5) is 0. The lowest BCUT2D eigenvalue weighted by molar-refractivity contribution is 0.0996. The molecule has 3 rings (SSSR count). The molecule has 2 aliphatic rings. The van der Waals surface area contributed by atoms with Crippen molar-refractivity contribution in [2.75, 3.05) is 0 Å². The van der Waals surface area contributed by atoms with Crippen molar-refractivity contribution in [3.8, 4) is 0 Å². The fraction of sp³-hybridized carbons (Fsp3) is 0.700. The standard InChI is InChI=1S/C20H31N/c1-15-12-16(2)14-19(13-15)20(21)10-8-18(9-11-20)17-6-4-3-5-7-17/h3-7,15-16,18-19H,8-14,21H2,1-2H3. The lowest BCUT2D eigenvalue weighted by atomic mass is 9.62. The van der Waals surface area contributed by atoms with Gasteiger partial charge in [-0.3, -0.25) is 0 Å². The van der Waals surface area contributed by atoms with E-state index in [0.29, 0.717) is 0 Å². The summed E-state index contributed by atoms with van der Waals surface area (Å²) in [5.74, 6) is 3.23. The number of rotatable bonds is 2. The first-order valence-corrected chi connectivity index (χ1v) is 8.90. The van der Waals surface area contributed by atoms with Crippen LogP contribution in [0.3, 0.4) is 0 Å². The van der Waals surface area contributed by atoms with Crippen LogP contribution in [0.15, 0.2) is 30.3 Å². The molecule has 0 heterocycles. The molecule has 2 N–H and O–H groups in total. The van der Waals surface area contributed by atoms with Gasteiger partial charge in [-0.2, -0.15) is 0 Å². The summed E-state index contributed by atoms with van der Waals surface area (Å²) in [6.07, 6.45) is 9.11. The number of hydrogen-bond acceptors (Lipinski definition) is 1. The summed E-state index contributed by atoms with van der Waals surface area (Å²) in [6.45, 7) is 4.84. The molecule has 2 atom stereocenters. The zero-order valence-corrected chi connectivity index (χ0v) is 13.7. The van der Waals surface area contributed by atoms with Gasteiger partial charge in [0.05, 0.1) is 0 Å². The molecule has 1 aromatic carbocycles. The van der Waals surface area contributed by atoms with E-state index in [-0.39, 0.29) is 5.54 Å². The average molecular weight is 285 g/mol. The van der Waals surface area contributed by atoms with E-state index in [1.165, 1.54) is 50.5 Å². The first-order valence-electron chi connectivity index (χ1n) is 8.90. The van der Waals surface area contributed by atoms with E-state index < -0.39 is 0 Å². The largest absolute Gasteiger partial charge is 0.325 e. The van der Waals surface area contributed by atoms with Crippen molar-refractivity contribution in [1.82, 2.24) is 0 Å². The Kier molecular flexibility index (Phi) is 4.40. The van der Waals surface area contributed by atoms with Gasteiger partial charge < -0.3 is 5.73 Å². The van der Waals surface area contributed by atoms with Gasteiger partial charge in [-0.05, 0) is 74.2 Å². The molecule has 2 fully saturated rings. The molecular weight excluding hydrogens is 254 g/mol. The molecule has 2 unspecified atom stereocenters. The Morgan fingerprint density at radius 2 is 1.48 bits per heavy atom. The maximum Gasteiger partial charge on any atom is 0.0183 e. The number of benzene rings is 1. The summed E-state index contributed by atoms with van der Waals surface area (Å²) >= 11 is 0. The Bertz CT molecular complexity index is 434. The van der Waals surface area contributed by atoms with Gasteiger partial charge in [0, 0.05) is 5.54 Å². The lowest BCUT2D eigenvalue weighted by Crippen LogP contribution is -2.51. The Balaban J connectivity index is 1.64. The highest BCUT2D eigenvalue weighted by atomic mass is 14.8. The van der Waals surface area contributed by atoms with Crippen LogP contribution >= 0.6 is 0 Å². The zero-order chi connectivity index (χ0) is 14.9. The second-order valence-electron chi connectivity index (χ2n) is 8.03. The van der Waals surface area contributed by atoms with Gasteiger partial charge in [0.15, 0.2) is 0 Å². The van der Waals surface area contributed by atoms with Gasteiger partial charge in [-0.15, -0.1) is 0 Å². The summed E-state index contributed by atoms with van der Waals surface area (Å²) in [6, 6.07) is 11.0. The molecule has 0 amide bonds. The average Bonchev–Trinajstić information content (AvgIpc) is 2.48. The fourth-order valence-corrected chi connectivity index (χ4v) is 5.04. The van der Waals surface area contributed by atoms with E-state index in [1.54, 1.807) is 0 Å². The third-order valence-corrected chi connectivity index (χ3v) is 6.18. The van der Waals surface area contributed by atoms with Crippen molar-refractivity contribution in [3.63, 3.8) is 0 Å². The van der Waals surface area contributed by atoms with Crippen molar-refractivity contribution in [1.29, 1.82) is 0 Å². The van der Waals surface area contributed by atoms with E-state index in [4.69, 9.17) is 5.73 Å². The highest BCUT2D eigenvalue weighted by Gasteiger charge is 2.41. The summed E-state index contributed by atoms with van der Waals surface area (Å²) in [5, 5.41) is 0. The molecule has 1 aromatic rings. The highest BCUT2D eigenvalue weighted by Crippen LogP contribution is 2.46. The second-order valence-corrected chi connectivity index (χ2v) is 8.03. The van der Waals surface area contributed by atoms with Gasteiger partial charge in [0.1, 0.15) is 0 Å². The van der Waals surface area contributed by atoms with Crippen LogP contribution in [-0.4, -0.2) is 5.54 Å². The molecular formula is C20H31N. The van der Waals surface area contributed by atoms with Crippen LogP contribution in [0.1, 0.15) is 70.3 Å². The Morgan fingerprint density at radius 3 is 2.05 bits per heavy atom.